The minimum Gasteiger partial charge on any atom is -0.457 e. The Bertz CT molecular complexity index is 833. The molecular weight excluding hydrogens is 306 g/mol. The standard InChI is InChI=1S/C18H15N3O3/c19-11-12-4-6-14(7-5-12)24-15-3-1-2-13(10-15)21-17(23)18(8-9-18)16(20)22/h1-7,10H,8-9H2,(H2,20,22)(H,21,23). The largest absolute Gasteiger partial charge is 0.457 e. The van der Waals surface area contributed by atoms with Gasteiger partial charge in [-0.15, -0.1) is 0 Å². The first-order valence-electron chi connectivity index (χ1n) is 7.43. The second-order valence-electron chi connectivity index (χ2n) is 5.67. The van der Waals surface area contributed by atoms with E-state index >= 15 is 0 Å². The Morgan fingerprint density at radius 2 is 1.83 bits per heavy atom. The van der Waals surface area contributed by atoms with Crippen molar-refractivity contribution in [2.24, 2.45) is 11.1 Å². The van der Waals surface area contributed by atoms with Crippen LogP contribution >= 0.6 is 0 Å². The summed E-state index contributed by atoms with van der Waals surface area (Å²) in [5, 5.41) is 11.5. The highest BCUT2D eigenvalue weighted by molar-refractivity contribution is 6.12. The second kappa shape index (κ2) is 6.05. The molecule has 2 aromatic carbocycles. The third-order valence-electron chi connectivity index (χ3n) is 3.97. The number of hydrogen-bond acceptors (Lipinski definition) is 4. The highest BCUT2D eigenvalue weighted by atomic mass is 16.5. The summed E-state index contributed by atoms with van der Waals surface area (Å²) in [4.78, 5) is 23.6. The number of carbonyl (C=O) groups excluding carboxylic acids is 2. The molecule has 0 unspecified atom stereocenters. The zero-order valence-corrected chi connectivity index (χ0v) is 12.8. The van der Waals surface area contributed by atoms with Gasteiger partial charge in [0.1, 0.15) is 16.9 Å². The van der Waals surface area contributed by atoms with E-state index in [0.29, 0.717) is 35.6 Å². The number of hydrogen-bond donors (Lipinski definition) is 2. The van der Waals surface area contributed by atoms with Crippen LogP contribution in [0.5, 0.6) is 11.5 Å². The maximum atomic E-state index is 12.2. The average molecular weight is 321 g/mol. The van der Waals surface area contributed by atoms with E-state index in [4.69, 9.17) is 15.7 Å². The minimum atomic E-state index is -1.07. The predicted molar refractivity (Wildman–Crippen MR) is 87.2 cm³/mol. The molecule has 0 saturated heterocycles. The molecular formula is C18H15N3O3. The van der Waals surface area contributed by atoms with Gasteiger partial charge in [0.15, 0.2) is 0 Å². The number of nitrogens with one attached hydrogen (secondary N) is 1. The van der Waals surface area contributed by atoms with E-state index < -0.39 is 11.3 Å². The van der Waals surface area contributed by atoms with E-state index in [9.17, 15) is 9.59 Å². The molecule has 1 saturated carbocycles. The monoisotopic (exact) mass is 321 g/mol. The van der Waals surface area contributed by atoms with Crippen LogP contribution in [0.2, 0.25) is 0 Å². The van der Waals surface area contributed by atoms with Gasteiger partial charge in [0.25, 0.3) is 0 Å². The topological polar surface area (TPSA) is 105 Å². The first kappa shape index (κ1) is 15.6. The Hall–Kier alpha value is -3.33. The molecule has 120 valence electrons. The van der Waals surface area contributed by atoms with Crippen LogP contribution in [-0.4, -0.2) is 11.8 Å². The number of ether oxygens (including phenoxy) is 1. The van der Waals surface area contributed by atoms with E-state index in [1.54, 1.807) is 48.5 Å². The van der Waals surface area contributed by atoms with Crippen molar-refractivity contribution in [2.45, 2.75) is 12.8 Å². The number of carbonyl (C=O) groups is 2. The van der Waals surface area contributed by atoms with E-state index in [2.05, 4.69) is 5.32 Å². The minimum absolute atomic E-state index is 0.384. The number of benzene rings is 2. The molecule has 6 nitrogen and oxygen atoms in total. The van der Waals surface area contributed by atoms with Crippen LogP contribution in [-0.2, 0) is 9.59 Å². The summed E-state index contributed by atoms with van der Waals surface area (Å²) in [6, 6.07) is 15.6. The molecule has 2 amide bonds. The Labute approximate surface area is 138 Å². The third-order valence-corrected chi connectivity index (χ3v) is 3.97. The molecule has 0 aromatic heterocycles. The van der Waals surface area contributed by atoms with E-state index in [-0.39, 0.29) is 5.91 Å². The first-order valence-corrected chi connectivity index (χ1v) is 7.43. The summed E-state index contributed by atoms with van der Waals surface area (Å²) in [6.45, 7) is 0. The smallest absolute Gasteiger partial charge is 0.240 e. The van der Waals surface area contributed by atoms with Crippen molar-refractivity contribution in [3.05, 3.63) is 54.1 Å². The fourth-order valence-electron chi connectivity index (χ4n) is 2.33. The van der Waals surface area contributed by atoms with Gasteiger partial charge in [0, 0.05) is 11.8 Å². The molecule has 2 aromatic rings. The van der Waals surface area contributed by atoms with E-state index in [1.807, 2.05) is 6.07 Å². The summed E-state index contributed by atoms with van der Waals surface area (Å²) < 4.78 is 5.70. The highest BCUT2D eigenvalue weighted by Crippen LogP contribution is 2.46. The Kier molecular flexibility index (Phi) is 3.92. The highest BCUT2D eigenvalue weighted by Gasteiger charge is 2.55. The van der Waals surface area contributed by atoms with Gasteiger partial charge < -0.3 is 15.8 Å². The van der Waals surface area contributed by atoms with Gasteiger partial charge in [0.05, 0.1) is 11.6 Å². The van der Waals surface area contributed by atoms with Crippen molar-refractivity contribution in [1.29, 1.82) is 5.26 Å². The van der Waals surface area contributed by atoms with Crippen LogP contribution in [0, 0.1) is 16.7 Å². The lowest BCUT2D eigenvalue weighted by Crippen LogP contribution is -2.36. The van der Waals surface area contributed by atoms with Gasteiger partial charge in [-0.2, -0.15) is 5.26 Å². The lowest BCUT2D eigenvalue weighted by molar-refractivity contribution is -0.132. The zero-order chi connectivity index (χ0) is 17.2. The molecule has 24 heavy (non-hydrogen) atoms. The van der Waals surface area contributed by atoms with E-state index in [0.717, 1.165) is 0 Å². The number of primary amides is 1. The van der Waals surface area contributed by atoms with Gasteiger partial charge >= 0.3 is 0 Å². The third kappa shape index (κ3) is 3.06. The maximum Gasteiger partial charge on any atom is 0.240 e. The van der Waals surface area contributed by atoms with Crippen molar-refractivity contribution in [3.63, 3.8) is 0 Å². The number of nitrogens with two attached hydrogens (primary N) is 1. The molecule has 0 bridgehead atoms. The number of rotatable bonds is 5. The van der Waals surface area contributed by atoms with Crippen molar-refractivity contribution >= 4 is 17.5 Å². The summed E-state index contributed by atoms with van der Waals surface area (Å²) >= 11 is 0. The summed E-state index contributed by atoms with van der Waals surface area (Å²) in [5.41, 5.74) is 5.30. The number of anilines is 1. The fourth-order valence-corrected chi connectivity index (χ4v) is 2.33. The summed E-state index contributed by atoms with van der Waals surface area (Å²) in [6.07, 6.45) is 0.963. The molecule has 6 heteroatoms. The molecule has 1 aliphatic rings. The number of nitriles is 1. The molecule has 0 spiro atoms. The normalized spacial score (nSPS) is 14.3. The Morgan fingerprint density at radius 3 is 2.42 bits per heavy atom. The number of nitrogens with zero attached hydrogens (tertiary/aromatic N) is 1. The Balaban J connectivity index is 1.71. The summed E-state index contributed by atoms with van der Waals surface area (Å²) in [7, 11) is 0. The lowest BCUT2D eigenvalue weighted by Gasteiger charge is -2.13. The number of amides is 2. The fraction of sp³-hybridized carbons (Fsp3) is 0.167. The molecule has 1 aliphatic carbocycles. The van der Waals surface area contributed by atoms with E-state index in [1.165, 1.54) is 0 Å². The van der Waals surface area contributed by atoms with Crippen LogP contribution in [0.25, 0.3) is 0 Å². The van der Waals surface area contributed by atoms with Crippen molar-refractivity contribution < 1.29 is 14.3 Å². The van der Waals surface area contributed by atoms with Crippen LogP contribution in [0.1, 0.15) is 18.4 Å². The molecule has 3 rings (SSSR count). The summed E-state index contributed by atoms with van der Waals surface area (Å²) in [5.74, 6) is 0.130. The lowest BCUT2D eigenvalue weighted by atomic mass is 10.1. The molecule has 0 aliphatic heterocycles. The van der Waals surface area contributed by atoms with Crippen LogP contribution in [0.15, 0.2) is 48.5 Å². The van der Waals surface area contributed by atoms with Crippen molar-refractivity contribution in [2.75, 3.05) is 5.32 Å². The second-order valence-corrected chi connectivity index (χ2v) is 5.67. The predicted octanol–water partition coefficient (Wildman–Crippen LogP) is 2.55. The van der Waals surface area contributed by atoms with Crippen LogP contribution in [0.3, 0.4) is 0 Å². The maximum absolute atomic E-state index is 12.2. The first-order chi connectivity index (χ1) is 11.5. The zero-order valence-electron chi connectivity index (χ0n) is 12.8. The molecule has 1 fully saturated rings. The SMILES string of the molecule is N#Cc1ccc(Oc2cccc(NC(=O)C3(C(N)=O)CC3)c2)cc1. The van der Waals surface area contributed by atoms with Gasteiger partial charge in [-0.3, -0.25) is 9.59 Å². The van der Waals surface area contributed by atoms with Crippen LogP contribution in [0.4, 0.5) is 5.69 Å². The van der Waals surface area contributed by atoms with Gasteiger partial charge in [0.2, 0.25) is 11.8 Å². The average Bonchev–Trinajstić information content (AvgIpc) is 3.38. The molecule has 0 atom stereocenters. The van der Waals surface area contributed by atoms with Gasteiger partial charge in [-0.05, 0) is 49.2 Å². The van der Waals surface area contributed by atoms with Crippen molar-refractivity contribution in [3.8, 4) is 17.6 Å². The molecule has 0 heterocycles. The Morgan fingerprint density at radius 1 is 1.12 bits per heavy atom. The van der Waals surface area contributed by atoms with Crippen LogP contribution < -0.4 is 15.8 Å². The van der Waals surface area contributed by atoms with Crippen molar-refractivity contribution in [1.82, 2.24) is 0 Å². The molecule has 3 N–H and O–H groups in total. The molecule has 0 radical (unpaired) electrons. The quantitative estimate of drug-likeness (QED) is 0.825. The van der Waals surface area contributed by atoms with Gasteiger partial charge in [-0.25, -0.2) is 0 Å². The van der Waals surface area contributed by atoms with Gasteiger partial charge in [-0.1, -0.05) is 6.07 Å².